The predicted octanol–water partition coefficient (Wildman–Crippen LogP) is 3.18. The van der Waals surface area contributed by atoms with Gasteiger partial charge in [0.2, 0.25) is 0 Å². The van der Waals surface area contributed by atoms with E-state index < -0.39 is 0 Å². The number of pyridine rings is 1. The molecule has 2 nitrogen and oxygen atoms in total. The average molecular weight is 253 g/mol. The molecule has 2 aromatic rings. The Morgan fingerprint density at radius 2 is 1.89 bits per heavy atom. The second-order valence-electron chi connectivity index (χ2n) is 6.25. The molecule has 19 heavy (non-hydrogen) atoms. The molecule has 0 bridgehead atoms. The van der Waals surface area contributed by atoms with E-state index in [0.717, 1.165) is 23.8 Å². The van der Waals surface area contributed by atoms with Gasteiger partial charge in [0.1, 0.15) is 0 Å². The van der Waals surface area contributed by atoms with Crippen LogP contribution in [0.15, 0.2) is 36.5 Å². The van der Waals surface area contributed by atoms with Crippen LogP contribution < -0.4 is 0 Å². The van der Waals surface area contributed by atoms with Crippen molar-refractivity contribution < 1.29 is 5.11 Å². The van der Waals surface area contributed by atoms with Crippen LogP contribution in [0.1, 0.15) is 24.8 Å². The molecule has 0 saturated heterocycles. The highest BCUT2D eigenvalue weighted by Gasteiger charge is 2.47. The molecular weight excluding hydrogens is 234 g/mol. The van der Waals surface area contributed by atoms with E-state index in [0.29, 0.717) is 5.92 Å². The van der Waals surface area contributed by atoms with Crippen LogP contribution in [0, 0.1) is 17.8 Å². The van der Waals surface area contributed by atoms with Crippen LogP contribution in [0.25, 0.3) is 10.9 Å². The SMILES string of the molecule is OC(Cc1ccnc2ccccc12)C1CC2CC2C1. The highest BCUT2D eigenvalue weighted by Crippen LogP contribution is 2.55. The molecule has 0 amide bonds. The number of aromatic nitrogens is 1. The number of aliphatic hydroxyl groups excluding tert-OH is 1. The van der Waals surface area contributed by atoms with Gasteiger partial charge in [0.05, 0.1) is 11.6 Å². The first-order valence-electron chi connectivity index (χ1n) is 7.32. The third kappa shape index (κ3) is 2.04. The summed E-state index contributed by atoms with van der Waals surface area (Å²) in [6.07, 6.45) is 6.35. The Morgan fingerprint density at radius 1 is 1.11 bits per heavy atom. The lowest BCUT2D eigenvalue weighted by atomic mass is 9.91. The molecule has 0 radical (unpaired) electrons. The highest BCUT2D eigenvalue weighted by atomic mass is 16.3. The quantitative estimate of drug-likeness (QED) is 0.911. The van der Waals surface area contributed by atoms with Crippen molar-refractivity contribution in [1.82, 2.24) is 4.98 Å². The first kappa shape index (κ1) is 11.4. The second-order valence-corrected chi connectivity index (χ2v) is 6.25. The molecule has 0 aliphatic heterocycles. The van der Waals surface area contributed by atoms with Crippen molar-refractivity contribution in [2.45, 2.75) is 31.8 Å². The molecule has 1 N–H and O–H groups in total. The summed E-state index contributed by atoms with van der Waals surface area (Å²) in [4.78, 5) is 4.38. The van der Waals surface area contributed by atoms with Gasteiger partial charge in [-0.1, -0.05) is 18.2 Å². The zero-order valence-corrected chi connectivity index (χ0v) is 11.0. The average Bonchev–Trinajstić information content (AvgIpc) is 3.05. The van der Waals surface area contributed by atoms with Gasteiger partial charge in [0.15, 0.2) is 0 Å². The fourth-order valence-corrected chi connectivity index (χ4v) is 3.80. The van der Waals surface area contributed by atoms with Gasteiger partial charge < -0.3 is 5.11 Å². The van der Waals surface area contributed by atoms with Crippen LogP contribution in [0.5, 0.6) is 0 Å². The van der Waals surface area contributed by atoms with E-state index in [-0.39, 0.29) is 6.10 Å². The maximum Gasteiger partial charge on any atom is 0.0704 e. The summed E-state index contributed by atoms with van der Waals surface area (Å²) in [5.41, 5.74) is 2.26. The van der Waals surface area contributed by atoms with E-state index in [1.165, 1.54) is 30.2 Å². The fraction of sp³-hybridized carbons (Fsp3) is 0.471. The zero-order chi connectivity index (χ0) is 12.8. The van der Waals surface area contributed by atoms with Crippen LogP contribution in [0.4, 0.5) is 0 Å². The van der Waals surface area contributed by atoms with E-state index in [4.69, 9.17) is 0 Å². The summed E-state index contributed by atoms with van der Waals surface area (Å²) in [5, 5.41) is 11.7. The summed E-state index contributed by atoms with van der Waals surface area (Å²) >= 11 is 0. The van der Waals surface area contributed by atoms with Crippen LogP contribution in [-0.4, -0.2) is 16.2 Å². The standard InChI is InChI=1S/C17H19NO/c19-17(14-8-12-7-13(12)9-14)10-11-5-6-18-16-4-2-1-3-15(11)16/h1-6,12-14,17,19H,7-10H2. The van der Waals surface area contributed by atoms with E-state index in [1.54, 1.807) is 0 Å². The van der Waals surface area contributed by atoms with Gasteiger partial charge in [-0.15, -0.1) is 0 Å². The van der Waals surface area contributed by atoms with Gasteiger partial charge in [0, 0.05) is 11.6 Å². The molecule has 98 valence electrons. The molecule has 2 heteroatoms. The number of benzene rings is 1. The molecule has 0 spiro atoms. The molecule has 1 aromatic carbocycles. The van der Waals surface area contributed by atoms with Gasteiger partial charge >= 0.3 is 0 Å². The molecule has 1 heterocycles. The number of rotatable bonds is 3. The number of aliphatic hydroxyl groups is 1. The van der Waals surface area contributed by atoms with Crippen molar-refractivity contribution in [1.29, 1.82) is 0 Å². The lowest BCUT2D eigenvalue weighted by Gasteiger charge is -2.20. The number of hydrogen-bond acceptors (Lipinski definition) is 2. The summed E-state index contributed by atoms with van der Waals surface area (Å²) in [6, 6.07) is 10.3. The topological polar surface area (TPSA) is 33.1 Å². The summed E-state index contributed by atoms with van der Waals surface area (Å²) in [6.45, 7) is 0. The second kappa shape index (κ2) is 4.31. The van der Waals surface area contributed by atoms with Gasteiger partial charge in [-0.2, -0.15) is 0 Å². The highest BCUT2D eigenvalue weighted by molar-refractivity contribution is 5.81. The number of hydrogen-bond donors (Lipinski definition) is 1. The molecule has 2 aliphatic rings. The number of para-hydroxylation sites is 1. The van der Waals surface area contributed by atoms with Crippen molar-refractivity contribution >= 4 is 10.9 Å². The van der Waals surface area contributed by atoms with E-state index >= 15 is 0 Å². The third-order valence-corrected chi connectivity index (χ3v) is 4.99. The van der Waals surface area contributed by atoms with Gasteiger partial charge in [-0.3, -0.25) is 4.98 Å². The molecule has 1 aromatic heterocycles. The van der Waals surface area contributed by atoms with Crippen LogP contribution in [-0.2, 0) is 6.42 Å². The van der Waals surface area contributed by atoms with E-state index in [9.17, 15) is 5.11 Å². The smallest absolute Gasteiger partial charge is 0.0704 e. The van der Waals surface area contributed by atoms with Crippen LogP contribution in [0.2, 0.25) is 0 Å². The number of fused-ring (bicyclic) bond motifs is 2. The van der Waals surface area contributed by atoms with Crippen LogP contribution >= 0.6 is 0 Å². The van der Waals surface area contributed by atoms with Crippen molar-refractivity contribution in [2.24, 2.45) is 17.8 Å². The largest absolute Gasteiger partial charge is 0.392 e. The van der Waals surface area contributed by atoms with Crippen molar-refractivity contribution in [3.63, 3.8) is 0 Å². The lowest BCUT2D eigenvalue weighted by Crippen LogP contribution is -2.21. The zero-order valence-electron chi connectivity index (χ0n) is 11.0. The molecule has 3 atom stereocenters. The molecular formula is C17H19NO. The predicted molar refractivity (Wildman–Crippen MR) is 75.8 cm³/mol. The first-order valence-corrected chi connectivity index (χ1v) is 7.32. The Hall–Kier alpha value is -1.41. The molecule has 3 unspecified atom stereocenters. The molecule has 4 rings (SSSR count). The van der Waals surface area contributed by atoms with E-state index in [2.05, 4.69) is 17.1 Å². The Balaban J connectivity index is 1.57. The minimum Gasteiger partial charge on any atom is -0.392 e. The van der Waals surface area contributed by atoms with Crippen molar-refractivity contribution in [3.8, 4) is 0 Å². The summed E-state index contributed by atoms with van der Waals surface area (Å²) < 4.78 is 0. The molecule has 2 saturated carbocycles. The van der Waals surface area contributed by atoms with E-state index in [1.807, 2.05) is 24.4 Å². The fourth-order valence-electron chi connectivity index (χ4n) is 3.80. The maximum absolute atomic E-state index is 10.5. The molecule has 2 fully saturated rings. The minimum atomic E-state index is -0.182. The van der Waals surface area contributed by atoms with Gasteiger partial charge in [-0.25, -0.2) is 0 Å². The van der Waals surface area contributed by atoms with Gasteiger partial charge in [0.25, 0.3) is 0 Å². The maximum atomic E-state index is 10.5. The Kier molecular flexibility index (Phi) is 2.59. The normalized spacial score (nSPS) is 30.3. The Labute approximate surface area is 113 Å². The third-order valence-electron chi connectivity index (χ3n) is 4.99. The lowest BCUT2D eigenvalue weighted by molar-refractivity contribution is 0.104. The van der Waals surface area contributed by atoms with Crippen molar-refractivity contribution in [2.75, 3.05) is 0 Å². The van der Waals surface area contributed by atoms with Crippen LogP contribution in [0.3, 0.4) is 0 Å². The van der Waals surface area contributed by atoms with Crippen molar-refractivity contribution in [3.05, 3.63) is 42.1 Å². The first-order chi connectivity index (χ1) is 9.31. The Bertz CT molecular complexity index is 594. The summed E-state index contributed by atoms with van der Waals surface area (Å²) in [7, 11) is 0. The molecule has 2 aliphatic carbocycles. The van der Waals surface area contributed by atoms with Gasteiger partial charge in [-0.05, 0) is 61.1 Å². The number of nitrogens with zero attached hydrogens (tertiary/aromatic N) is 1. The summed E-state index contributed by atoms with van der Waals surface area (Å²) in [5.74, 6) is 2.40. The monoisotopic (exact) mass is 253 g/mol. The Morgan fingerprint density at radius 3 is 2.74 bits per heavy atom. The minimum absolute atomic E-state index is 0.182.